The lowest BCUT2D eigenvalue weighted by Crippen LogP contribution is -2.41. The summed E-state index contributed by atoms with van der Waals surface area (Å²) in [5, 5.41) is 0.832. The van der Waals surface area contributed by atoms with Crippen LogP contribution >= 0.6 is 23.2 Å². The van der Waals surface area contributed by atoms with Gasteiger partial charge in [-0.3, -0.25) is 4.79 Å². The Balaban J connectivity index is 1.91. The molecule has 27 heavy (non-hydrogen) atoms. The highest BCUT2D eigenvalue weighted by molar-refractivity contribution is 7.89. The summed E-state index contributed by atoms with van der Waals surface area (Å²) in [5.41, 5.74) is 0.592. The average Bonchev–Trinajstić information content (AvgIpc) is 3.18. The van der Waals surface area contributed by atoms with E-state index in [1.165, 1.54) is 16.4 Å². The van der Waals surface area contributed by atoms with Gasteiger partial charge in [-0.15, -0.1) is 0 Å². The van der Waals surface area contributed by atoms with Crippen LogP contribution in [0.1, 0.15) is 18.4 Å². The Morgan fingerprint density at radius 3 is 2.33 bits per heavy atom. The fourth-order valence-electron chi connectivity index (χ4n) is 3.02. The lowest BCUT2D eigenvalue weighted by atomic mass is 10.2. The van der Waals surface area contributed by atoms with E-state index in [1.54, 1.807) is 41.3 Å². The van der Waals surface area contributed by atoms with Crippen molar-refractivity contribution < 1.29 is 13.2 Å². The predicted molar refractivity (Wildman–Crippen MR) is 106 cm³/mol. The van der Waals surface area contributed by atoms with E-state index in [1.807, 2.05) is 0 Å². The maximum absolute atomic E-state index is 13.2. The van der Waals surface area contributed by atoms with Crippen molar-refractivity contribution in [2.24, 2.45) is 0 Å². The molecule has 1 amide bonds. The Morgan fingerprint density at radius 2 is 1.70 bits per heavy atom. The Bertz CT molecular complexity index is 914. The van der Waals surface area contributed by atoms with Gasteiger partial charge in [-0.2, -0.15) is 4.31 Å². The number of benzene rings is 2. The molecule has 0 N–H and O–H groups in total. The van der Waals surface area contributed by atoms with Crippen molar-refractivity contribution in [1.82, 2.24) is 9.21 Å². The fourth-order valence-corrected chi connectivity index (χ4v) is 4.88. The molecule has 3 rings (SSSR count). The smallest absolute Gasteiger partial charge is 0.243 e. The molecule has 144 valence electrons. The summed E-state index contributed by atoms with van der Waals surface area (Å²) in [6.45, 7) is 1.10. The third-order valence-electron chi connectivity index (χ3n) is 4.51. The van der Waals surface area contributed by atoms with Gasteiger partial charge in [0.15, 0.2) is 0 Å². The second kappa shape index (κ2) is 8.61. The molecule has 8 heteroatoms. The molecule has 2 aromatic rings. The zero-order valence-electron chi connectivity index (χ0n) is 14.6. The Labute approximate surface area is 169 Å². The highest BCUT2D eigenvalue weighted by Crippen LogP contribution is 2.25. The lowest BCUT2D eigenvalue weighted by molar-refractivity contribution is -0.130. The highest BCUT2D eigenvalue weighted by atomic mass is 35.5. The molecule has 2 aromatic carbocycles. The first-order valence-corrected chi connectivity index (χ1v) is 10.8. The van der Waals surface area contributed by atoms with Crippen molar-refractivity contribution in [2.45, 2.75) is 24.3 Å². The summed E-state index contributed by atoms with van der Waals surface area (Å²) in [6.07, 6.45) is 1.89. The minimum absolute atomic E-state index is 0.00713. The van der Waals surface area contributed by atoms with Gasteiger partial charge in [-0.1, -0.05) is 47.5 Å². The SMILES string of the molecule is O=C(CN(Cc1ccc(Cl)cc1Cl)S(=O)(=O)c1ccccc1)N1CCCC1. The van der Waals surface area contributed by atoms with Crippen LogP contribution in [-0.4, -0.2) is 43.2 Å². The maximum Gasteiger partial charge on any atom is 0.243 e. The number of nitrogens with zero attached hydrogens (tertiary/aromatic N) is 2. The van der Waals surface area contributed by atoms with Gasteiger partial charge in [0.25, 0.3) is 0 Å². The maximum atomic E-state index is 13.2. The molecule has 1 saturated heterocycles. The van der Waals surface area contributed by atoms with E-state index in [0.29, 0.717) is 28.7 Å². The van der Waals surface area contributed by atoms with Crippen LogP contribution < -0.4 is 0 Å². The summed E-state index contributed by atoms with van der Waals surface area (Å²) >= 11 is 12.2. The third kappa shape index (κ3) is 4.82. The number of rotatable bonds is 6. The van der Waals surface area contributed by atoms with Crippen LogP contribution in [0, 0.1) is 0 Å². The minimum Gasteiger partial charge on any atom is -0.342 e. The molecule has 0 saturated carbocycles. The molecule has 0 atom stereocenters. The molecule has 5 nitrogen and oxygen atoms in total. The van der Waals surface area contributed by atoms with Gasteiger partial charge in [-0.05, 0) is 42.7 Å². The van der Waals surface area contributed by atoms with E-state index in [0.717, 1.165) is 12.8 Å². The average molecular weight is 427 g/mol. The first-order chi connectivity index (χ1) is 12.9. The van der Waals surface area contributed by atoms with Crippen molar-refractivity contribution in [3.8, 4) is 0 Å². The Kier molecular flexibility index (Phi) is 6.42. The lowest BCUT2D eigenvalue weighted by Gasteiger charge is -2.25. The van der Waals surface area contributed by atoms with Gasteiger partial charge in [-0.25, -0.2) is 8.42 Å². The zero-order valence-corrected chi connectivity index (χ0v) is 17.0. The molecule has 1 aliphatic rings. The monoisotopic (exact) mass is 426 g/mol. The quantitative estimate of drug-likeness (QED) is 0.705. The first-order valence-electron chi connectivity index (χ1n) is 8.65. The van der Waals surface area contributed by atoms with Crippen LogP contribution in [-0.2, 0) is 21.4 Å². The van der Waals surface area contributed by atoms with Gasteiger partial charge in [0.1, 0.15) is 0 Å². The van der Waals surface area contributed by atoms with Gasteiger partial charge >= 0.3 is 0 Å². The van der Waals surface area contributed by atoms with E-state index >= 15 is 0 Å². The van der Waals surface area contributed by atoms with Crippen LogP contribution in [0.15, 0.2) is 53.4 Å². The molecule has 0 radical (unpaired) electrons. The number of halogens is 2. The van der Waals surface area contributed by atoms with Crippen molar-refractivity contribution in [2.75, 3.05) is 19.6 Å². The fraction of sp³-hybridized carbons (Fsp3) is 0.316. The second-order valence-electron chi connectivity index (χ2n) is 6.41. The number of carbonyl (C=O) groups is 1. The molecule has 0 unspecified atom stereocenters. The molecular weight excluding hydrogens is 407 g/mol. The summed E-state index contributed by atoms with van der Waals surface area (Å²) in [5.74, 6) is -0.197. The van der Waals surface area contributed by atoms with Crippen LogP contribution in [0.4, 0.5) is 0 Å². The molecule has 0 aliphatic carbocycles. The number of sulfonamides is 1. The highest BCUT2D eigenvalue weighted by Gasteiger charge is 2.29. The largest absolute Gasteiger partial charge is 0.342 e. The van der Waals surface area contributed by atoms with Crippen LogP contribution in [0.2, 0.25) is 10.0 Å². The van der Waals surface area contributed by atoms with E-state index in [-0.39, 0.29) is 23.9 Å². The molecule has 0 aromatic heterocycles. The van der Waals surface area contributed by atoms with Crippen molar-refractivity contribution in [3.05, 3.63) is 64.1 Å². The normalized spacial score (nSPS) is 14.7. The van der Waals surface area contributed by atoms with Crippen LogP contribution in [0.3, 0.4) is 0 Å². The number of hydrogen-bond donors (Lipinski definition) is 0. The number of likely N-dealkylation sites (tertiary alicyclic amines) is 1. The number of hydrogen-bond acceptors (Lipinski definition) is 3. The zero-order chi connectivity index (χ0) is 19.4. The molecular formula is C19H20Cl2N2O3S. The summed E-state index contributed by atoms with van der Waals surface area (Å²) < 4.78 is 27.5. The molecule has 1 fully saturated rings. The van der Waals surface area contributed by atoms with E-state index < -0.39 is 10.0 Å². The van der Waals surface area contributed by atoms with Gasteiger partial charge in [0, 0.05) is 29.7 Å². The third-order valence-corrected chi connectivity index (χ3v) is 6.91. The van der Waals surface area contributed by atoms with E-state index in [2.05, 4.69) is 0 Å². The molecule has 0 spiro atoms. The van der Waals surface area contributed by atoms with Gasteiger partial charge in [0.05, 0.1) is 11.4 Å². The van der Waals surface area contributed by atoms with Crippen LogP contribution in [0.5, 0.6) is 0 Å². The summed E-state index contributed by atoms with van der Waals surface area (Å²) in [7, 11) is -3.86. The number of carbonyl (C=O) groups excluding carboxylic acids is 1. The predicted octanol–water partition coefficient (Wildman–Crippen LogP) is 3.81. The molecule has 0 bridgehead atoms. The Hall–Kier alpha value is -1.60. The molecule has 1 aliphatic heterocycles. The van der Waals surface area contributed by atoms with Crippen molar-refractivity contribution in [3.63, 3.8) is 0 Å². The molecule has 1 heterocycles. The van der Waals surface area contributed by atoms with Gasteiger partial charge in [0.2, 0.25) is 15.9 Å². The minimum atomic E-state index is -3.86. The number of amides is 1. The van der Waals surface area contributed by atoms with E-state index in [4.69, 9.17) is 23.2 Å². The second-order valence-corrected chi connectivity index (χ2v) is 9.19. The summed E-state index contributed by atoms with van der Waals surface area (Å²) in [6, 6.07) is 13.0. The topological polar surface area (TPSA) is 57.7 Å². The van der Waals surface area contributed by atoms with Crippen molar-refractivity contribution >= 4 is 39.1 Å². The Morgan fingerprint density at radius 1 is 1.04 bits per heavy atom. The summed E-state index contributed by atoms with van der Waals surface area (Å²) in [4.78, 5) is 14.5. The standard InChI is InChI=1S/C19H20Cl2N2O3S/c20-16-9-8-15(18(21)12-16)13-23(14-19(24)22-10-4-5-11-22)27(25,26)17-6-2-1-3-7-17/h1-3,6-9,12H,4-5,10-11,13-14H2. The first kappa shape index (κ1) is 20.1. The van der Waals surface area contributed by atoms with E-state index in [9.17, 15) is 13.2 Å². The van der Waals surface area contributed by atoms with Gasteiger partial charge < -0.3 is 4.90 Å². The van der Waals surface area contributed by atoms with Crippen LogP contribution in [0.25, 0.3) is 0 Å². The van der Waals surface area contributed by atoms with Crippen molar-refractivity contribution in [1.29, 1.82) is 0 Å².